The zero-order valence-electron chi connectivity index (χ0n) is 13.3. The lowest BCUT2D eigenvalue weighted by atomic mass is 10.1. The molecular formula is C18H22FN3O. The Morgan fingerprint density at radius 3 is 2.83 bits per heavy atom. The van der Waals surface area contributed by atoms with Crippen molar-refractivity contribution >= 4 is 11.6 Å². The summed E-state index contributed by atoms with van der Waals surface area (Å²) in [5.41, 5.74) is 1.95. The van der Waals surface area contributed by atoms with Crippen LogP contribution in [-0.4, -0.2) is 24.0 Å². The molecule has 2 N–H and O–H groups in total. The Morgan fingerprint density at radius 1 is 1.22 bits per heavy atom. The van der Waals surface area contributed by atoms with E-state index in [0.717, 1.165) is 18.5 Å². The third-order valence-corrected chi connectivity index (χ3v) is 3.50. The highest BCUT2D eigenvalue weighted by Crippen LogP contribution is 2.10. The van der Waals surface area contributed by atoms with Gasteiger partial charge < -0.3 is 10.6 Å². The highest BCUT2D eigenvalue weighted by molar-refractivity contribution is 5.94. The monoisotopic (exact) mass is 315 g/mol. The standard InChI is InChI=1S/C18H22FN3O/c1-2-3-9-22-18(23)15-11-16(13-20-12-15)21-10-8-14-6-4-5-7-17(14)19/h4-7,11-13,21H,2-3,8-10H2,1H3,(H,22,23). The van der Waals surface area contributed by atoms with E-state index >= 15 is 0 Å². The summed E-state index contributed by atoms with van der Waals surface area (Å²) in [7, 11) is 0. The average molecular weight is 315 g/mol. The molecule has 0 unspecified atom stereocenters. The molecule has 0 bridgehead atoms. The molecule has 4 nitrogen and oxygen atoms in total. The van der Waals surface area contributed by atoms with Gasteiger partial charge in [0.2, 0.25) is 0 Å². The third kappa shape index (κ3) is 5.36. The van der Waals surface area contributed by atoms with Gasteiger partial charge in [0.15, 0.2) is 0 Å². The summed E-state index contributed by atoms with van der Waals surface area (Å²) in [6.07, 6.45) is 5.77. The van der Waals surface area contributed by atoms with Crippen LogP contribution in [0.1, 0.15) is 35.7 Å². The molecule has 2 aromatic rings. The van der Waals surface area contributed by atoms with Crippen LogP contribution in [0.15, 0.2) is 42.7 Å². The third-order valence-electron chi connectivity index (χ3n) is 3.50. The summed E-state index contributed by atoms with van der Waals surface area (Å²) in [5, 5.41) is 6.03. The number of unbranched alkanes of at least 4 members (excludes halogenated alkanes) is 1. The number of hydrogen-bond acceptors (Lipinski definition) is 3. The van der Waals surface area contributed by atoms with Gasteiger partial charge in [0.25, 0.3) is 5.91 Å². The Bertz CT molecular complexity index is 646. The molecule has 0 saturated heterocycles. The maximum Gasteiger partial charge on any atom is 0.252 e. The average Bonchev–Trinajstić information content (AvgIpc) is 2.57. The van der Waals surface area contributed by atoms with Crippen molar-refractivity contribution in [2.24, 2.45) is 0 Å². The number of carbonyl (C=O) groups is 1. The Balaban J connectivity index is 1.87. The van der Waals surface area contributed by atoms with Crippen molar-refractivity contribution in [2.45, 2.75) is 26.2 Å². The summed E-state index contributed by atoms with van der Waals surface area (Å²) in [4.78, 5) is 16.1. The van der Waals surface area contributed by atoms with Gasteiger partial charge in [-0.05, 0) is 30.5 Å². The lowest BCUT2D eigenvalue weighted by molar-refractivity contribution is 0.0953. The van der Waals surface area contributed by atoms with Crippen molar-refractivity contribution in [3.05, 3.63) is 59.7 Å². The zero-order chi connectivity index (χ0) is 16.5. The van der Waals surface area contributed by atoms with E-state index in [9.17, 15) is 9.18 Å². The van der Waals surface area contributed by atoms with Crippen LogP contribution < -0.4 is 10.6 Å². The summed E-state index contributed by atoms with van der Waals surface area (Å²) >= 11 is 0. The number of amides is 1. The Labute approximate surface area is 136 Å². The van der Waals surface area contributed by atoms with Crippen LogP contribution in [0.5, 0.6) is 0 Å². The molecule has 1 aromatic carbocycles. The molecule has 122 valence electrons. The number of nitrogens with one attached hydrogen (secondary N) is 2. The number of anilines is 1. The summed E-state index contributed by atoms with van der Waals surface area (Å²) < 4.78 is 13.5. The van der Waals surface area contributed by atoms with E-state index in [2.05, 4.69) is 22.5 Å². The highest BCUT2D eigenvalue weighted by atomic mass is 19.1. The first-order valence-electron chi connectivity index (χ1n) is 7.91. The molecule has 0 spiro atoms. The minimum Gasteiger partial charge on any atom is -0.383 e. The minimum atomic E-state index is -0.198. The van der Waals surface area contributed by atoms with Gasteiger partial charge in [-0.1, -0.05) is 31.5 Å². The SMILES string of the molecule is CCCCNC(=O)c1cncc(NCCc2ccccc2F)c1. The molecule has 1 amide bonds. The Kier molecular flexibility index (Phi) is 6.54. The van der Waals surface area contributed by atoms with Crippen LogP contribution in [0.2, 0.25) is 0 Å². The zero-order valence-corrected chi connectivity index (χ0v) is 13.3. The fourth-order valence-electron chi connectivity index (χ4n) is 2.18. The minimum absolute atomic E-state index is 0.122. The van der Waals surface area contributed by atoms with Crippen LogP contribution in [0.3, 0.4) is 0 Å². The van der Waals surface area contributed by atoms with Gasteiger partial charge in [0, 0.05) is 25.5 Å². The number of halogens is 1. The topological polar surface area (TPSA) is 54.0 Å². The maximum absolute atomic E-state index is 13.5. The first kappa shape index (κ1) is 16.9. The molecule has 0 atom stereocenters. The number of benzene rings is 1. The van der Waals surface area contributed by atoms with Crippen molar-refractivity contribution in [2.75, 3.05) is 18.4 Å². The second-order valence-corrected chi connectivity index (χ2v) is 5.34. The first-order valence-corrected chi connectivity index (χ1v) is 7.91. The Morgan fingerprint density at radius 2 is 2.04 bits per heavy atom. The van der Waals surface area contributed by atoms with E-state index < -0.39 is 0 Å². The van der Waals surface area contributed by atoms with E-state index in [4.69, 9.17) is 0 Å². The number of aromatic nitrogens is 1. The molecule has 0 aliphatic rings. The molecule has 0 aliphatic carbocycles. The van der Waals surface area contributed by atoms with E-state index in [1.807, 2.05) is 6.07 Å². The quantitative estimate of drug-likeness (QED) is 0.734. The summed E-state index contributed by atoms with van der Waals surface area (Å²) in [6, 6.07) is 8.48. The molecule has 5 heteroatoms. The molecule has 1 heterocycles. The van der Waals surface area contributed by atoms with Gasteiger partial charge in [-0.25, -0.2) is 4.39 Å². The van der Waals surface area contributed by atoms with Crippen molar-refractivity contribution < 1.29 is 9.18 Å². The molecule has 0 fully saturated rings. The second-order valence-electron chi connectivity index (χ2n) is 5.34. The van der Waals surface area contributed by atoms with E-state index in [1.54, 1.807) is 30.6 Å². The maximum atomic E-state index is 13.5. The van der Waals surface area contributed by atoms with Crippen LogP contribution in [0, 0.1) is 5.82 Å². The van der Waals surface area contributed by atoms with Gasteiger partial charge in [-0.2, -0.15) is 0 Å². The fourth-order valence-corrected chi connectivity index (χ4v) is 2.18. The molecule has 0 saturated carbocycles. The molecule has 1 aromatic heterocycles. The first-order chi connectivity index (χ1) is 11.2. The number of carbonyl (C=O) groups excluding carboxylic acids is 1. The van der Waals surface area contributed by atoms with Gasteiger partial charge in [-0.3, -0.25) is 9.78 Å². The van der Waals surface area contributed by atoms with Crippen molar-refractivity contribution in [1.82, 2.24) is 10.3 Å². The van der Waals surface area contributed by atoms with E-state index in [-0.39, 0.29) is 11.7 Å². The largest absolute Gasteiger partial charge is 0.383 e. The normalized spacial score (nSPS) is 10.3. The van der Waals surface area contributed by atoms with Gasteiger partial charge >= 0.3 is 0 Å². The van der Waals surface area contributed by atoms with Crippen molar-refractivity contribution in [1.29, 1.82) is 0 Å². The predicted molar refractivity (Wildman–Crippen MR) is 90.1 cm³/mol. The second kappa shape index (κ2) is 8.88. The number of hydrogen-bond donors (Lipinski definition) is 2. The summed E-state index contributed by atoms with van der Waals surface area (Å²) in [6.45, 7) is 3.32. The lowest BCUT2D eigenvalue weighted by Crippen LogP contribution is -2.24. The van der Waals surface area contributed by atoms with Crippen LogP contribution in [0.25, 0.3) is 0 Å². The lowest BCUT2D eigenvalue weighted by Gasteiger charge is -2.09. The molecular weight excluding hydrogens is 293 g/mol. The highest BCUT2D eigenvalue weighted by Gasteiger charge is 2.06. The van der Waals surface area contributed by atoms with Gasteiger partial charge in [0.1, 0.15) is 5.82 Å². The van der Waals surface area contributed by atoms with Crippen molar-refractivity contribution in [3.63, 3.8) is 0 Å². The summed E-state index contributed by atoms with van der Waals surface area (Å²) in [5.74, 6) is -0.319. The van der Waals surface area contributed by atoms with Crippen molar-refractivity contribution in [3.8, 4) is 0 Å². The predicted octanol–water partition coefficient (Wildman–Crippen LogP) is 3.41. The molecule has 0 aliphatic heterocycles. The van der Waals surface area contributed by atoms with Gasteiger partial charge in [0.05, 0.1) is 11.3 Å². The van der Waals surface area contributed by atoms with Gasteiger partial charge in [-0.15, -0.1) is 0 Å². The fraction of sp³-hybridized carbons (Fsp3) is 0.333. The Hall–Kier alpha value is -2.43. The number of rotatable bonds is 8. The van der Waals surface area contributed by atoms with E-state index in [1.165, 1.54) is 6.07 Å². The van der Waals surface area contributed by atoms with Crippen LogP contribution >= 0.6 is 0 Å². The molecule has 0 radical (unpaired) electrons. The number of pyridine rings is 1. The molecule has 23 heavy (non-hydrogen) atoms. The van der Waals surface area contributed by atoms with Crippen LogP contribution in [-0.2, 0) is 6.42 Å². The number of nitrogens with zero attached hydrogens (tertiary/aromatic N) is 1. The molecule has 2 rings (SSSR count). The smallest absolute Gasteiger partial charge is 0.252 e. The van der Waals surface area contributed by atoms with E-state index in [0.29, 0.717) is 30.6 Å². The van der Waals surface area contributed by atoms with Crippen LogP contribution in [0.4, 0.5) is 10.1 Å².